The molecule has 20 heavy (non-hydrogen) atoms. The SMILES string of the molecule is ON=C1CCCc2c(OCc3ccncc3)cccc21. The fraction of sp³-hybridized carbons (Fsp3) is 0.250. The largest absolute Gasteiger partial charge is 0.489 e. The number of oxime groups is 1. The van der Waals surface area contributed by atoms with Crippen LogP contribution in [0.4, 0.5) is 0 Å². The lowest BCUT2D eigenvalue weighted by Crippen LogP contribution is -2.13. The highest BCUT2D eigenvalue weighted by Gasteiger charge is 2.19. The lowest BCUT2D eigenvalue weighted by molar-refractivity contribution is 0.301. The normalized spacial score (nSPS) is 15.9. The van der Waals surface area contributed by atoms with Crippen molar-refractivity contribution in [2.45, 2.75) is 25.9 Å². The molecule has 0 unspecified atom stereocenters. The predicted molar refractivity (Wildman–Crippen MR) is 76.3 cm³/mol. The Labute approximate surface area is 117 Å². The van der Waals surface area contributed by atoms with Crippen molar-refractivity contribution in [1.29, 1.82) is 0 Å². The Morgan fingerprint density at radius 2 is 2.00 bits per heavy atom. The summed E-state index contributed by atoms with van der Waals surface area (Å²) in [5.74, 6) is 0.875. The van der Waals surface area contributed by atoms with Gasteiger partial charge in [-0.25, -0.2) is 0 Å². The van der Waals surface area contributed by atoms with E-state index in [1.165, 1.54) is 0 Å². The van der Waals surface area contributed by atoms with Crippen LogP contribution in [0.5, 0.6) is 5.75 Å². The van der Waals surface area contributed by atoms with Gasteiger partial charge in [0.25, 0.3) is 0 Å². The van der Waals surface area contributed by atoms with Crippen molar-refractivity contribution in [2.24, 2.45) is 5.16 Å². The third kappa shape index (κ3) is 2.50. The molecule has 1 aliphatic rings. The Kier molecular flexibility index (Phi) is 3.63. The van der Waals surface area contributed by atoms with Crippen molar-refractivity contribution in [3.8, 4) is 5.75 Å². The van der Waals surface area contributed by atoms with E-state index in [2.05, 4.69) is 10.1 Å². The van der Waals surface area contributed by atoms with Crippen LogP contribution >= 0.6 is 0 Å². The second kappa shape index (κ2) is 5.74. The lowest BCUT2D eigenvalue weighted by atomic mass is 9.89. The lowest BCUT2D eigenvalue weighted by Gasteiger charge is -2.20. The van der Waals surface area contributed by atoms with Crippen molar-refractivity contribution >= 4 is 5.71 Å². The third-order valence-electron chi connectivity index (χ3n) is 3.55. The average molecular weight is 268 g/mol. The molecule has 0 bridgehead atoms. The molecule has 2 aromatic rings. The van der Waals surface area contributed by atoms with Crippen molar-refractivity contribution < 1.29 is 9.94 Å². The Balaban J connectivity index is 1.84. The van der Waals surface area contributed by atoms with Crippen LogP contribution in [-0.2, 0) is 13.0 Å². The molecule has 0 radical (unpaired) electrons. The maximum Gasteiger partial charge on any atom is 0.123 e. The minimum absolute atomic E-state index is 0.518. The first-order chi connectivity index (χ1) is 9.88. The Morgan fingerprint density at radius 3 is 2.80 bits per heavy atom. The zero-order valence-electron chi connectivity index (χ0n) is 11.1. The first kappa shape index (κ1) is 12.7. The van der Waals surface area contributed by atoms with Crippen LogP contribution in [0.1, 0.15) is 29.5 Å². The number of hydrogen-bond donors (Lipinski definition) is 1. The summed E-state index contributed by atoms with van der Waals surface area (Å²) < 4.78 is 5.92. The van der Waals surface area contributed by atoms with Gasteiger partial charge in [-0.1, -0.05) is 17.3 Å². The molecule has 4 nitrogen and oxygen atoms in total. The van der Waals surface area contributed by atoms with Crippen LogP contribution in [-0.4, -0.2) is 15.9 Å². The number of ether oxygens (including phenoxy) is 1. The fourth-order valence-electron chi connectivity index (χ4n) is 2.54. The van der Waals surface area contributed by atoms with Gasteiger partial charge in [-0.3, -0.25) is 4.98 Å². The van der Waals surface area contributed by atoms with Crippen LogP contribution in [0.3, 0.4) is 0 Å². The molecule has 1 aromatic carbocycles. The Morgan fingerprint density at radius 1 is 1.15 bits per heavy atom. The number of pyridine rings is 1. The highest BCUT2D eigenvalue weighted by Crippen LogP contribution is 2.30. The van der Waals surface area contributed by atoms with E-state index in [-0.39, 0.29) is 0 Å². The summed E-state index contributed by atoms with van der Waals surface area (Å²) in [5, 5.41) is 12.5. The van der Waals surface area contributed by atoms with E-state index in [1.807, 2.05) is 30.3 Å². The first-order valence-corrected chi connectivity index (χ1v) is 6.73. The summed E-state index contributed by atoms with van der Waals surface area (Å²) >= 11 is 0. The molecule has 0 aliphatic heterocycles. The van der Waals surface area contributed by atoms with Crippen LogP contribution < -0.4 is 4.74 Å². The second-order valence-corrected chi connectivity index (χ2v) is 4.83. The van der Waals surface area contributed by atoms with Crippen LogP contribution in [0.25, 0.3) is 0 Å². The molecule has 0 saturated heterocycles. The number of rotatable bonds is 3. The number of fused-ring (bicyclic) bond motifs is 1. The third-order valence-corrected chi connectivity index (χ3v) is 3.55. The molecule has 0 atom stereocenters. The van der Waals surface area contributed by atoms with Crippen molar-refractivity contribution in [2.75, 3.05) is 0 Å². The van der Waals surface area contributed by atoms with Gasteiger partial charge in [0.15, 0.2) is 0 Å². The molecule has 3 rings (SSSR count). The molecule has 0 fully saturated rings. The summed E-state index contributed by atoms with van der Waals surface area (Å²) in [6, 6.07) is 9.78. The molecular formula is C16H16N2O2. The maximum absolute atomic E-state index is 9.08. The first-order valence-electron chi connectivity index (χ1n) is 6.73. The maximum atomic E-state index is 9.08. The van der Waals surface area contributed by atoms with E-state index in [4.69, 9.17) is 9.94 Å². The molecule has 1 heterocycles. The molecular weight excluding hydrogens is 252 g/mol. The smallest absolute Gasteiger partial charge is 0.123 e. The summed E-state index contributed by atoms with van der Waals surface area (Å²) in [6.45, 7) is 0.518. The topological polar surface area (TPSA) is 54.7 Å². The molecule has 102 valence electrons. The van der Waals surface area contributed by atoms with Crippen LogP contribution in [0.2, 0.25) is 0 Å². The quantitative estimate of drug-likeness (QED) is 0.687. The van der Waals surface area contributed by atoms with Gasteiger partial charge in [-0.05, 0) is 43.0 Å². The van der Waals surface area contributed by atoms with Crippen LogP contribution in [0.15, 0.2) is 47.9 Å². The molecule has 0 spiro atoms. The van der Waals surface area contributed by atoms with Gasteiger partial charge in [0, 0.05) is 23.5 Å². The number of nitrogens with zero attached hydrogens (tertiary/aromatic N) is 2. The van der Waals surface area contributed by atoms with E-state index in [0.717, 1.165) is 47.4 Å². The Bertz CT molecular complexity index is 624. The van der Waals surface area contributed by atoms with Crippen molar-refractivity contribution in [3.05, 3.63) is 59.4 Å². The standard InChI is InChI=1S/C16H16N2O2/c19-18-15-5-1-4-14-13(15)3-2-6-16(14)20-11-12-7-9-17-10-8-12/h2-3,6-10,19H,1,4-5,11H2. The van der Waals surface area contributed by atoms with Gasteiger partial charge in [0.05, 0.1) is 5.71 Å². The highest BCUT2D eigenvalue weighted by molar-refractivity contribution is 6.02. The highest BCUT2D eigenvalue weighted by atomic mass is 16.5. The molecule has 1 aromatic heterocycles. The van der Waals surface area contributed by atoms with Gasteiger partial charge in [-0.2, -0.15) is 0 Å². The zero-order valence-corrected chi connectivity index (χ0v) is 11.1. The second-order valence-electron chi connectivity index (χ2n) is 4.83. The van der Waals surface area contributed by atoms with E-state index in [0.29, 0.717) is 6.61 Å². The number of aromatic nitrogens is 1. The van der Waals surface area contributed by atoms with Gasteiger partial charge >= 0.3 is 0 Å². The van der Waals surface area contributed by atoms with Crippen LogP contribution in [0, 0.1) is 0 Å². The monoisotopic (exact) mass is 268 g/mol. The number of benzene rings is 1. The minimum Gasteiger partial charge on any atom is -0.489 e. The summed E-state index contributed by atoms with van der Waals surface area (Å²) in [4.78, 5) is 3.99. The molecule has 0 saturated carbocycles. The van der Waals surface area contributed by atoms with Crippen molar-refractivity contribution in [3.63, 3.8) is 0 Å². The zero-order chi connectivity index (χ0) is 13.8. The fourth-order valence-corrected chi connectivity index (χ4v) is 2.54. The molecule has 0 amide bonds. The van der Waals surface area contributed by atoms with Crippen molar-refractivity contribution in [1.82, 2.24) is 4.98 Å². The number of hydrogen-bond acceptors (Lipinski definition) is 4. The van der Waals surface area contributed by atoms with E-state index in [9.17, 15) is 0 Å². The molecule has 4 heteroatoms. The van der Waals surface area contributed by atoms with E-state index >= 15 is 0 Å². The molecule has 1 aliphatic carbocycles. The van der Waals surface area contributed by atoms with E-state index < -0.39 is 0 Å². The van der Waals surface area contributed by atoms with Gasteiger partial charge < -0.3 is 9.94 Å². The average Bonchev–Trinajstić information content (AvgIpc) is 2.53. The minimum atomic E-state index is 0.518. The summed E-state index contributed by atoms with van der Waals surface area (Å²) in [7, 11) is 0. The summed E-state index contributed by atoms with van der Waals surface area (Å²) in [5.41, 5.74) is 3.98. The summed E-state index contributed by atoms with van der Waals surface area (Å²) in [6.07, 6.45) is 6.28. The predicted octanol–water partition coefficient (Wildman–Crippen LogP) is 3.18. The van der Waals surface area contributed by atoms with E-state index in [1.54, 1.807) is 12.4 Å². The van der Waals surface area contributed by atoms with Gasteiger partial charge in [0.1, 0.15) is 12.4 Å². The van der Waals surface area contributed by atoms with Gasteiger partial charge in [0.2, 0.25) is 0 Å². The Hall–Kier alpha value is -2.36. The van der Waals surface area contributed by atoms with Gasteiger partial charge in [-0.15, -0.1) is 0 Å². The molecule has 1 N–H and O–H groups in total.